The van der Waals surface area contributed by atoms with Crippen LogP contribution in [-0.4, -0.2) is 23.8 Å². The van der Waals surface area contributed by atoms with Crippen molar-refractivity contribution in [2.45, 2.75) is 26.4 Å². The van der Waals surface area contributed by atoms with Crippen LogP contribution >= 0.6 is 11.3 Å². The lowest BCUT2D eigenvalue weighted by atomic mass is 10.1. The van der Waals surface area contributed by atoms with Gasteiger partial charge in [0.1, 0.15) is 0 Å². The summed E-state index contributed by atoms with van der Waals surface area (Å²) in [5.41, 5.74) is 1.82. The highest BCUT2D eigenvalue weighted by Crippen LogP contribution is 2.31. The number of hydrogen-bond donors (Lipinski definition) is 3. The van der Waals surface area contributed by atoms with Crippen molar-refractivity contribution < 1.29 is 9.90 Å². The Balaban J connectivity index is 1.95. The first-order valence-corrected chi connectivity index (χ1v) is 8.30. The molecule has 3 N–H and O–H groups in total. The smallest absolute Gasteiger partial charge is 0.319 e. The van der Waals surface area contributed by atoms with Crippen molar-refractivity contribution >= 4 is 23.1 Å². The van der Waals surface area contributed by atoms with Gasteiger partial charge in [-0.2, -0.15) is 0 Å². The molecule has 0 aliphatic rings. The second kappa shape index (κ2) is 7.96. The summed E-state index contributed by atoms with van der Waals surface area (Å²) in [7, 11) is 0. The minimum absolute atomic E-state index is 0.221. The summed E-state index contributed by atoms with van der Waals surface area (Å²) in [5.74, 6) is 0.235. The molecule has 0 saturated heterocycles. The van der Waals surface area contributed by atoms with Crippen LogP contribution < -0.4 is 10.6 Å². The Morgan fingerprint density at radius 1 is 1.23 bits per heavy atom. The van der Waals surface area contributed by atoms with E-state index in [0.717, 1.165) is 16.1 Å². The van der Waals surface area contributed by atoms with Crippen LogP contribution in [0.4, 0.5) is 10.5 Å². The maximum Gasteiger partial charge on any atom is 0.319 e. The van der Waals surface area contributed by atoms with Gasteiger partial charge in [-0.3, -0.25) is 0 Å². The average molecular weight is 318 g/mol. The van der Waals surface area contributed by atoms with E-state index in [0.29, 0.717) is 13.0 Å². The molecule has 0 saturated carbocycles. The van der Waals surface area contributed by atoms with E-state index in [2.05, 4.69) is 10.6 Å². The highest BCUT2D eigenvalue weighted by molar-refractivity contribution is 7.13. The van der Waals surface area contributed by atoms with Crippen LogP contribution in [0, 0.1) is 5.92 Å². The van der Waals surface area contributed by atoms with E-state index in [-0.39, 0.29) is 18.1 Å². The van der Waals surface area contributed by atoms with Crippen LogP contribution in [0.2, 0.25) is 0 Å². The maximum absolute atomic E-state index is 12.0. The lowest BCUT2D eigenvalue weighted by Gasteiger charge is -2.15. The quantitative estimate of drug-likeness (QED) is 0.755. The van der Waals surface area contributed by atoms with Crippen molar-refractivity contribution in [2.75, 3.05) is 11.9 Å². The van der Waals surface area contributed by atoms with Crippen molar-refractivity contribution in [3.05, 3.63) is 41.8 Å². The number of amides is 2. The molecule has 1 aromatic heterocycles. The fraction of sp³-hybridized carbons (Fsp3) is 0.353. The molecule has 5 heteroatoms. The molecular weight excluding hydrogens is 296 g/mol. The predicted octanol–water partition coefficient (Wildman–Crippen LogP) is 3.94. The number of para-hydroxylation sites is 1. The SMILES string of the molecule is CC(O)CC(C)CNC(=O)Nc1ccccc1-c1cccs1. The highest BCUT2D eigenvalue weighted by atomic mass is 32.1. The van der Waals surface area contributed by atoms with Gasteiger partial charge in [-0.05, 0) is 36.8 Å². The third-order valence-electron chi connectivity index (χ3n) is 3.32. The van der Waals surface area contributed by atoms with E-state index in [9.17, 15) is 9.90 Å². The van der Waals surface area contributed by atoms with Gasteiger partial charge < -0.3 is 15.7 Å². The summed E-state index contributed by atoms with van der Waals surface area (Å²) in [6.07, 6.45) is 0.325. The fourth-order valence-corrected chi connectivity index (χ4v) is 3.10. The summed E-state index contributed by atoms with van der Waals surface area (Å²) in [4.78, 5) is 13.2. The molecule has 118 valence electrons. The molecule has 0 radical (unpaired) electrons. The Morgan fingerprint density at radius 3 is 2.68 bits per heavy atom. The Labute approximate surface area is 135 Å². The molecule has 4 nitrogen and oxygen atoms in total. The summed E-state index contributed by atoms with van der Waals surface area (Å²) >= 11 is 1.64. The standard InChI is InChI=1S/C17H22N2O2S/c1-12(10-13(2)20)11-18-17(21)19-15-7-4-3-6-14(15)16-8-5-9-22-16/h3-9,12-13,20H,10-11H2,1-2H3,(H2,18,19,21). The van der Waals surface area contributed by atoms with Crippen LogP contribution in [-0.2, 0) is 0 Å². The number of carbonyl (C=O) groups excluding carboxylic acids is 1. The van der Waals surface area contributed by atoms with Crippen LogP contribution in [0.5, 0.6) is 0 Å². The van der Waals surface area contributed by atoms with Crippen LogP contribution in [0.1, 0.15) is 20.3 Å². The Kier molecular flexibility index (Phi) is 5.98. The Hall–Kier alpha value is -1.85. The zero-order chi connectivity index (χ0) is 15.9. The second-order valence-corrected chi connectivity index (χ2v) is 6.50. The Bertz CT molecular complexity index is 596. The molecule has 1 aromatic carbocycles. The van der Waals surface area contributed by atoms with Gasteiger partial charge in [-0.25, -0.2) is 4.79 Å². The molecule has 1 heterocycles. The van der Waals surface area contributed by atoms with Crippen LogP contribution in [0.15, 0.2) is 41.8 Å². The number of urea groups is 1. The molecule has 0 fully saturated rings. The molecule has 2 aromatic rings. The van der Waals surface area contributed by atoms with Gasteiger partial charge in [-0.1, -0.05) is 31.2 Å². The predicted molar refractivity (Wildman–Crippen MR) is 92.2 cm³/mol. The summed E-state index contributed by atoms with van der Waals surface area (Å²) in [6.45, 7) is 4.30. The number of carbonyl (C=O) groups is 1. The Morgan fingerprint density at radius 2 is 2.00 bits per heavy atom. The first-order valence-electron chi connectivity index (χ1n) is 7.42. The molecular formula is C17H22N2O2S. The topological polar surface area (TPSA) is 61.4 Å². The number of hydrogen-bond acceptors (Lipinski definition) is 3. The minimum atomic E-state index is -0.348. The molecule has 0 aliphatic carbocycles. The monoisotopic (exact) mass is 318 g/mol. The molecule has 22 heavy (non-hydrogen) atoms. The minimum Gasteiger partial charge on any atom is -0.393 e. The first kappa shape index (κ1) is 16.5. The maximum atomic E-state index is 12.0. The molecule has 2 rings (SSSR count). The summed E-state index contributed by atoms with van der Waals surface area (Å²) in [6, 6.07) is 11.6. The highest BCUT2D eigenvalue weighted by Gasteiger charge is 2.11. The first-order chi connectivity index (χ1) is 10.6. The molecule has 0 aliphatic heterocycles. The van der Waals surface area contributed by atoms with E-state index in [1.165, 1.54) is 0 Å². The number of anilines is 1. The summed E-state index contributed by atoms with van der Waals surface area (Å²) in [5, 5.41) is 17.1. The average Bonchev–Trinajstić information content (AvgIpc) is 2.99. The van der Waals surface area contributed by atoms with Crippen molar-refractivity contribution in [1.29, 1.82) is 0 Å². The van der Waals surface area contributed by atoms with Gasteiger partial charge >= 0.3 is 6.03 Å². The number of rotatable bonds is 6. The van der Waals surface area contributed by atoms with Crippen molar-refractivity contribution in [2.24, 2.45) is 5.92 Å². The fourth-order valence-electron chi connectivity index (χ4n) is 2.34. The van der Waals surface area contributed by atoms with Gasteiger partial charge in [0.2, 0.25) is 0 Å². The molecule has 0 bridgehead atoms. The van der Waals surface area contributed by atoms with Crippen molar-refractivity contribution in [1.82, 2.24) is 5.32 Å². The third-order valence-corrected chi connectivity index (χ3v) is 4.22. The number of aliphatic hydroxyl groups excluding tert-OH is 1. The molecule has 0 spiro atoms. The molecule has 2 unspecified atom stereocenters. The van der Waals surface area contributed by atoms with E-state index in [1.807, 2.05) is 48.7 Å². The number of nitrogens with one attached hydrogen (secondary N) is 2. The molecule has 2 amide bonds. The normalized spacial score (nSPS) is 13.4. The van der Waals surface area contributed by atoms with Gasteiger partial charge in [-0.15, -0.1) is 11.3 Å². The second-order valence-electron chi connectivity index (χ2n) is 5.55. The van der Waals surface area contributed by atoms with Gasteiger partial charge in [0.25, 0.3) is 0 Å². The lowest BCUT2D eigenvalue weighted by molar-refractivity contribution is 0.163. The lowest BCUT2D eigenvalue weighted by Crippen LogP contribution is -2.33. The summed E-state index contributed by atoms with van der Waals surface area (Å²) < 4.78 is 0. The zero-order valence-corrected chi connectivity index (χ0v) is 13.7. The van der Waals surface area contributed by atoms with Gasteiger partial charge in [0.15, 0.2) is 0 Å². The number of thiophene rings is 1. The van der Waals surface area contributed by atoms with Crippen LogP contribution in [0.25, 0.3) is 10.4 Å². The third kappa shape index (κ3) is 4.86. The largest absolute Gasteiger partial charge is 0.393 e. The zero-order valence-electron chi connectivity index (χ0n) is 12.9. The van der Waals surface area contributed by atoms with Crippen LogP contribution in [0.3, 0.4) is 0 Å². The van der Waals surface area contributed by atoms with Gasteiger partial charge in [0.05, 0.1) is 11.8 Å². The number of benzene rings is 1. The van der Waals surface area contributed by atoms with E-state index in [4.69, 9.17) is 0 Å². The van der Waals surface area contributed by atoms with E-state index < -0.39 is 0 Å². The molecule has 2 atom stereocenters. The number of aliphatic hydroxyl groups is 1. The van der Waals surface area contributed by atoms with E-state index >= 15 is 0 Å². The van der Waals surface area contributed by atoms with E-state index in [1.54, 1.807) is 18.3 Å². The van der Waals surface area contributed by atoms with Gasteiger partial charge in [0, 0.05) is 17.0 Å². The van der Waals surface area contributed by atoms with Crippen molar-refractivity contribution in [3.63, 3.8) is 0 Å². The van der Waals surface area contributed by atoms with Crippen molar-refractivity contribution in [3.8, 4) is 10.4 Å².